The molecular weight excluding hydrogens is 166 g/mol. The molecule has 4 nitrogen and oxygen atoms in total. The largest absolute Gasteiger partial charge is 0.347 e. The maximum Gasteiger partial charge on any atom is 0.223 e. The van der Waals surface area contributed by atoms with E-state index in [4.69, 9.17) is 5.73 Å². The van der Waals surface area contributed by atoms with Crippen molar-refractivity contribution in [2.45, 2.75) is 24.4 Å². The third-order valence-electron chi connectivity index (χ3n) is 3.67. The van der Waals surface area contributed by atoms with Gasteiger partial charge < -0.3 is 16.4 Å². The Morgan fingerprint density at radius 1 is 1.54 bits per heavy atom. The number of hydrogen-bond donors (Lipinski definition) is 3. The summed E-state index contributed by atoms with van der Waals surface area (Å²) in [4.78, 5) is 11.5. The van der Waals surface area contributed by atoms with Gasteiger partial charge in [-0.05, 0) is 12.8 Å². The number of nitrogens with two attached hydrogens (primary N) is 1. The molecule has 0 spiro atoms. The van der Waals surface area contributed by atoms with Crippen LogP contribution in [0.2, 0.25) is 0 Å². The quantitative estimate of drug-likeness (QED) is 0.502. The summed E-state index contributed by atoms with van der Waals surface area (Å²) in [6.45, 7) is 1.82. The van der Waals surface area contributed by atoms with E-state index in [1.165, 1.54) is 0 Å². The summed E-state index contributed by atoms with van der Waals surface area (Å²) < 4.78 is 0. The van der Waals surface area contributed by atoms with Gasteiger partial charge in [0.05, 0.1) is 5.54 Å². The van der Waals surface area contributed by atoms with Gasteiger partial charge in [-0.1, -0.05) is 0 Å². The van der Waals surface area contributed by atoms with Crippen LogP contribution in [0.4, 0.5) is 0 Å². The molecule has 4 heteroatoms. The van der Waals surface area contributed by atoms with Crippen LogP contribution in [-0.2, 0) is 4.79 Å². The standard InChI is InChI=1S/C9H15N3O/c10-7-6-3-11-4-9(6,7)12-8(13)5-1-2-5/h5-7,11H,1-4,10H2,(H,12,13)/t6-,7+,9+/m0/s1. The van der Waals surface area contributed by atoms with Gasteiger partial charge in [0.2, 0.25) is 5.91 Å². The van der Waals surface area contributed by atoms with E-state index < -0.39 is 0 Å². The number of hydrogen-bond acceptors (Lipinski definition) is 3. The van der Waals surface area contributed by atoms with Crippen molar-refractivity contribution in [2.75, 3.05) is 13.1 Å². The zero-order chi connectivity index (χ0) is 9.05. The van der Waals surface area contributed by atoms with Crippen LogP contribution in [0.1, 0.15) is 12.8 Å². The minimum absolute atomic E-state index is 0.0698. The predicted octanol–water partition coefficient (Wildman–Crippen LogP) is -1.19. The van der Waals surface area contributed by atoms with E-state index in [9.17, 15) is 4.79 Å². The first-order valence-electron chi connectivity index (χ1n) is 5.02. The Morgan fingerprint density at radius 3 is 2.85 bits per heavy atom. The minimum Gasteiger partial charge on any atom is -0.347 e. The summed E-state index contributed by atoms with van der Waals surface area (Å²) in [7, 11) is 0. The molecule has 1 amide bonds. The van der Waals surface area contributed by atoms with Crippen LogP contribution < -0.4 is 16.4 Å². The Morgan fingerprint density at radius 2 is 2.31 bits per heavy atom. The third kappa shape index (κ3) is 0.957. The average Bonchev–Trinajstić information content (AvgIpc) is 2.97. The SMILES string of the molecule is N[C@@H]1[C@@H]2CNC[C@]12NC(=O)C1CC1. The van der Waals surface area contributed by atoms with Gasteiger partial charge in [-0.15, -0.1) is 0 Å². The van der Waals surface area contributed by atoms with Gasteiger partial charge in [0.1, 0.15) is 0 Å². The van der Waals surface area contributed by atoms with Gasteiger partial charge in [0.25, 0.3) is 0 Å². The molecule has 4 N–H and O–H groups in total. The smallest absolute Gasteiger partial charge is 0.223 e. The van der Waals surface area contributed by atoms with Crippen molar-refractivity contribution in [3.63, 3.8) is 0 Å². The second-order valence-electron chi connectivity index (χ2n) is 4.57. The first kappa shape index (κ1) is 7.76. The van der Waals surface area contributed by atoms with Crippen molar-refractivity contribution >= 4 is 5.91 Å². The minimum atomic E-state index is -0.0698. The summed E-state index contributed by atoms with van der Waals surface area (Å²) in [5.41, 5.74) is 5.85. The summed E-state index contributed by atoms with van der Waals surface area (Å²) in [5.74, 6) is 1.00. The molecule has 0 bridgehead atoms. The molecule has 3 atom stereocenters. The molecule has 1 aliphatic heterocycles. The van der Waals surface area contributed by atoms with Gasteiger partial charge >= 0.3 is 0 Å². The van der Waals surface area contributed by atoms with Crippen LogP contribution in [0.25, 0.3) is 0 Å². The monoisotopic (exact) mass is 181 g/mol. The lowest BCUT2D eigenvalue weighted by molar-refractivity contribution is -0.123. The van der Waals surface area contributed by atoms with Crippen molar-refractivity contribution in [1.82, 2.24) is 10.6 Å². The second kappa shape index (κ2) is 2.25. The van der Waals surface area contributed by atoms with Crippen LogP contribution in [0.5, 0.6) is 0 Å². The highest BCUT2D eigenvalue weighted by Gasteiger charge is 2.66. The van der Waals surface area contributed by atoms with E-state index in [-0.39, 0.29) is 17.5 Å². The normalized spacial score (nSPS) is 47.2. The molecule has 0 radical (unpaired) electrons. The molecule has 2 saturated carbocycles. The van der Waals surface area contributed by atoms with Crippen molar-refractivity contribution in [3.8, 4) is 0 Å². The number of rotatable bonds is 2. The summed E-state index contributed by atoms with van der Waals surface area (Å²) >= 11 is 0. The van der Waals surface area contributed by atoms with Gasteiger partial charge in [0.15, 0.2) is 0 Å². The Labute approximate surface area is 77.2 Å². The zero-order valence-corrected chi connectivity index (χ0v) is 7.55. The van der Waals surface area contributed by atoms with E-state index >= 15 is 0 Å². The third-order valence-corrected chi connectivity index (χ3v) is 3.67. The van der Waals surface area contributed by atoms with Crippen molar-refractivity contribution in [2.24, 2.45) is 17.6 Å². The highest BCUT2D eigenvalue weighted by molar-refractivity contribution is 5.82. The number of carbonyl (C=O) groups is 1. The van der Waals surface area contributed by atoms with Crippen LogP contribution in [0, 0.1) is 11.8 Å². The molecule has 2 aliphatic carbocycles. The number of fused-ring (bicyclic) bond motifs is 1. The highest BCUT2D eigenvalue weighted by Crippen LogP contribution is 2.45. The molecule has 13 heavy (non-hydrogen) atoms. The maximum absolute atomic E-state index is 11.5. The van der Waals surface area contributed by atoms with Crippen molar-refractivity contribution in [1.29, 1.82) is 0 Å². The fourth-order valence-electron chi connectivity index (χ4n) is 2.44. The molecule has 1 saturated heterocycles. The molecular formula is C9H15N3O. The second-order valence-corrected chi connectivity index (χ2v) is 4.57. The number of nitrogens with one attached hydrogen (secondary N) is 2. The molecule has 1 heterocycles. The molecule has 0 aromatic carbocycles. The van der Waals surface area contributed by atoms with Crippen molar-refractivity contribution in [3.05, 3.63) is 0 Å². The molecule has 0 aromatic rings. The van der Waals surface area contributed by atoms with Crippen LogP contribution in [0.3, 0.4) is 0 Å². The lowest BCUT2D eigenvalue weighted by Gasteiger charge is -2.15. The van der Waals surface area contributed by atoms with Crippen LogP contribution >= 0.6 is 0 Å². The Balaban J connectivity index is 1.68. The van der Waals surface area contributed by atoms with E-state index in [0.717, 1.165) is 25.9 Å². The summed E-state index contributed by atoms with van der Waals surface area (Å²) in [6, 6.07) is 0.191. The zero-order valence-electron chi connectivity index (χ0n) is 7.55. The topological polar surface area (TPSA) is 67.2 Å². The van der Waals surface area contributed by atoms with Crippen molar-refractivity contribution < 1.29 is 4.79 Å². The van der Waals surface area contributed by atoms with Gasteiger partial charge in [-0.3, -0.25) is 4.79 Å². The molecule has 0 aromatic heterocycles. The van der Waals surface area contributed by atoms with Crippen LogP contribution in [-0.4, -0.2) is 30.6 Å². The van der Waals surface area contributed by atoms with Gasteiger partial charge in [-0.2, -0.15) is 0 Å². The lowest BCUT2D eigenvalue weighted by atomic mass is 10.2. The van der Waals surface area contributed by atoms with E-state index in [1.54, 1.807) is 0 Å². The fraction of sp³-hybridized carbons (Fsp3) is 0.889. The maximum atomic E-state index is 11.5. The molecule has 0 unspecified atom stereocenters. The molecule has 3 rings (SSSR count). The molecule has 3 fully saturated rings. The number of amides is 1. The molecule has 3 aliphatic rings. The highest BCUT2D eigenvalue weighted by atomic mass is 16.2. The van der Waals surface area contributed by atoms with E-state index in [2.05, 4.69) is 10.6 Å². The number of piperidine rings is 1. The summed E-state index contributed by atoms with van der Waals surface area (Å²) in [6.07, 6.45) is 2.13. The first-order valence-corrected chi connectivity index (χ1v) is 5.02. The van der Waals surface area contributed by atoms with Gasteiger partial charge in [-0.25, -0.2) is 0 Å². The predicted molar refractivity (Wildman–Crippen MR) is 47.9 cm³/mol. The number of carbonyl (C=O) groups excluding carboxylic acids is 1. The summed E-state index contributed by atoms with van der Waals surface area (Å²) in [5, 5.41) is 6.38. The first-order chi connectivity index (χ1) is 6.24. The fourth-order valence-corrected chi connectivity index (χ4v) is 2.44. The molecule has 72 valence electrons. The van der Waals surface area contributed by atoms with Crippen LogP contribution in [0.15, 0.2) is 0 Å². The Kier molecular flexibility index (Phi) is 1.34. The Hall–Kier alpha value is -0.610. The lowest BCUT2D eigenvalue weighted by Crippen LogP contribution is -2.46. The van der Waals surface area contributed by atoms with E-state index in [0.29, 0.717) is 11.8 Å². The van der Waals surface area contributed by atoms with Gasteiger partial charge in [0, 0.05) is 31.0 Å². The van der Waals surface area contributed by atoms with E-state index in [1.807, 2.05) is 0 Å². The Bertz CT molecular complexity index is 264. The average molecular weight is 181 g/mol.